The van der Waals surface area contributed by atoms with Crippen LogP contribution in [0.25, 0.3) is 0 Å². The molecule has 33 heavy (non-hydrogen) atoms. The summed E-state index contributed by atoms with van der Waals surface area (Å²) in [5, 5.41) is 0. The highest BCUT2D eigenvalue weighted by atomic mass is 16.5. The summed E-state index contributed by atoms with van der Waals surface area (Å²) in [5.74, 6) is 1.53. The van der Waals surface area contributed by atoms with Gasteiger partial charge in [-0.05, 0) is 56.4 Å². The molecule has 1 fully saturated rings. The summed E-state index contributed by atoms with van der Waals surface area (Å²) in [6.45, 7) is 6.50. The Morgan fingerprint density at radius 1 is 1.06 bits per heavy atom. The minimum Gasteiger partial charge on any atom is -0.493 e. The van der Waals surface area contributed by atoms with Crippen molar-refractivity contribution in [3.8, 4) is 17.2 Å². The van der Waals surface area contributed by atoms with Gasteiger partial charge in [0, 0.05) is 11.5 Å². The van der Waals surface area contributed by atoms with Crippen LogP contribution in [-0.4, -0.2) is 40.5 Å². The molecule has 178 valence electrons. The minimum atomic E-state index is -0.304. The SMILES string of the molecule is CC=C(C)C(=O)OC[C@H]1[C@@H](Cc2ccc(C)cc2)CO[C@@H]1c1cc(OC)c(OC)c(OC)c1. The zero-order valence-corrected chi connectivity index (χ0v) is 20.3. The molecule has 2 aromatic rings. The molecule has 6 nitrogen and oxygen atoms in total. The van der Waals surface area contributed by atoms with Gasteiger partial charge in [-0.25, -0.2) is 4.79 Å². The van der Waals surface area contributed by atoms with Gasteiger partial charge in [0.1, 0.15) is 0 Å². The fraction of sp³-hybridized carbons (Fsp3) is 0.444. The number of methoxy groups -OCH3 is 3. The molecule has 0 aliphatic carbocycles. The highest BCUT2D eigenvalue weighted by Crippen LogP contribution is 2.46. The average molecular weight is 455 g/mol. The second-order valence-electron chi connectivity index (χ2n) is 8.40. The fourth-order valence-corrected chi connectivity index (χ4v) is 4.19. The van der Waals surface area contributed by atoms with Crippen molar-refractivity contribution < 1.29 is 28.5 Å². The molecule has 2 aromatic carbocycles. The van der Waals surface area contributed by atoms with E-state index in [0.717, 1.165) is 12.0 Å². The van der Waals surface area contributed by atoms with Gasteiger partial charge < -0.3 is 23.7 Å². The second-order valence-corrected chi connectivity index (χ2v) is 8.40. The van der Waals surface area contributed by atoms with Crippen LogP contribution in [0.4, 0.5) is 0 Å². The van der Waals surface area contributed by atoms with E-state index in [2.05, 4.69) is 31.2 Å². The Kier molecular flexibility index (Phi) is 8.39. The summed E-state index contributed by atoms with van der Waals surface area (Å²) in [6.07, 6.45) is 2.33. The van der Waals surface area contributed by atoms with Crippen LogP contribution in [-0.2, 0) is 20.7 Å². The molecule has 3 rings (SSSR count). The molecule has 1 aliphatic heterocycles. The van der Waals surface area contributed by atoms with E-state index < -0.39 is 0 Å². The average Bonchev–Trinajstić information content (AvgIpc) is 3.24. The highest BCUT2D eigenvalue weighted by molar-refractivity contribution is 5.87. The van der Waals surface area contributed by atoms with Crippen LogP contribution in [0.5, 0.6) is 17.2 Å². The number of carbonyl (C=O) groups excluding carboxylic acids is 1. The molecule has 0 amide bonds. The summed E-state index contributed by atoms with van der Waals surface area (Å²) in [5.41, 5.74) is 3.96. The second kappa shape index (κ2) is 11.2. The molecular formula is C27H34O6. The first kappa shape index (κ1) is 24.6. The smallest absolute Gasteiger partial charge is 0.333 e. The van der Waals surface area contributed by atoms with Crippen LogP contribution in [0.3, 0.4) is 0 Å². The van der Waals surface area contributed by atoms with Crippen LogP contribution in [0, 0.1) is 18.8 Å². The summed E-state index contributed by atoms with van der Waals surface area (Å²) in [4.78, 5) is 12.4. The first-order chi connectivity index (χ1) is 15.9. The maximum Gasteiger partial charge on any atom is 0.333 e. The van der Waals surface area contributed by atoms with Gasteiger partial charge in [0.05, 0.1) is 40.6 Å². The molecule has 0 spiro atoms. The molecule has 1 saturated heterocycles. The van der Waals surface area contributed by atoms with Crippen molar-refractivity contribution in [3.63, 3.8) is 0 Å². The van der Waals surface area contributed by atoms with Gasteiger partial charge in [-0.1, -0.05) is 35.9 Å². The molecule has 0 bridgehead atoms. The normalized spacial score (nSPS) is 20.4. The van der Waals surface area contributed by atoms with Crippen LogP contribution in [0.15, 0.2) is 48.0 Å². The maximum absolute atomic E-state index is 12.4. The molecule has 1 aliphatic rings. The summed E-state index contributed by atoms with van der Waals surface area (Å²) >= 11 is 0. The molecule has 1 heterocycles. The molecule has 3 atom stereocenters. The van der Waals surface area contributed by atoms with E-state index in [-0.39, 0.29) is 30.5 Å². The lowest BCUT2D eigenvalue weighted by molar-refractivity contribution is -0.141. The van der Waals surface area contributed by atoms with Crippen LogP contribution < -0.4 is 14.2 Å². The number of hydrogen-bond donors (Lipinski definition) is 0. The van der Waals surface area contributed by atoms with Crippen molar-refractivity contribution in [3.05, 3.63) is 64.7 Å². The molecule has 0 N–H and O–H groups in total. The Morgan fingerprint density at radius 2 is 1.70 bits per heavy atom. The Bertz CT molecular complexity index is 954. The standard InChI is InChI=1S/C27H34O6/c1-7-18(3)27(28)33-16-22-21(12-19-10-8-17(2)9-11-19)15-32-25(22)20-13-23(29-4)26(31-6)24(14-20)30-5/h7-11,13-14,21-22,25H,12,15-16H2,1-6H3/t21-,22-,25+/m0/s1. The number of allylic oxidation sites excluding steroid dienone is 1. The molecule has 6 heteroatoms. The molecule has 0 aromatic heterocycles. The van der Waals surface area contributed by atoms with Gasteiger partial charge in [0.15, 0.2) is 11.5 Å². The Balaban J connectivity index is 1.91. The third-order valence-electron chi connectivity index (χ3n) is 6.28. The molecule has 0 unspecified atom stereocenters. The van der Waals surface area contributed by atoms with E-state index in [1.165, 1.54) is 11.1 Å². The lowest BCUT2D eigenvalue weighted by Gasteiger charge is -2.24. The first-order valence-electron chi connectivity index (χ1n) is 11.2. The number of benzene rings is 2. The van der Waals surface area contributed by atoms with Gasteiger partial charge >= 0.3 is 5.97 Å². The lowest BCUT2D eigenvalue weighted by atomic mass is 9.84. The van der Waals surface area contributed by atoms with Crippen molar-refractivity contribution in [2.24, 2.45) is 11.8 Å². The lowest BCUT2D eigenvalue weighted by Crippen LogP contribution is -2.24. The quantitative estimate of drug-likeness (QED) is 0.389. The maximum atomic E-state index is 12.4. The van der Waals surface area contributed by atoms with Crippen molar-refractivity contribution in [1.82, 2.24) is 0 Å². The number of carbonyl (C=O) groups is 1. The van der Waals surface area contributed by atoms with Crippen molar-refractivity contribution >= 4 is 5.97 Å². The minimum absolute atomic E-state index is 0.0253. The van der Waals surface area contributed by atoms with E-state index in [4.69, 9.17) is 23.7 Å². The van der Waals surface area contributed by atoms with E-state index in [1.54, 1.807) is 34.3 Å². The zero-order chi connectivity index (χ0) is 24.0. The van der Waals surface area contributed by atoms with Crippen LogP contribution in [0.1, 0.15) is 36.6 Å². The summed E-state index contributed by atoms with van der Waals surface area (Å²) < 4.78 is 28.5. The monoisotopic (exact) mass is 454 g/mol. The van der Waals surface area contributed by atoms with Crippen molar-refractivity contribution in [2.45, 2.75) is 33.3 Å². The molecule has 0 radical (unpaired) electrons. The third-order valence-corrected chi connectivity index (χ3v) is 6.28. The van der Waals surface area contributed by atoms with Gasteiger partial charge in [-0.3, -0.25) is 0 Å². The summed E-state index contributed by atoms with van der Waals surface area (Å²) in [7, 11) is 4.77. The molecular weight excluding hydrogens is 420 g/mol. The van der Waals surface area contributed by atoms with Crippen LogP contribution in [0.2, 0.25) is 0 Å². The predicted octanol–water partition coefficient (Wildman–Crippen LogP) is 5.08. The third kappa shape index (κ3) is 5.69. The highest BCUT2D eigenvalue weighted by Gasteiger charge is 2.40. The Morgan fingerprint density at radius 3 is 2.24 bits per heavy atom. The number of esters is 1. The molecule has 0 saturated carbocycles. The van der Waals surface area contributed by atoms with E-state index in [9.17, 15) is 4.79 Å². The Labute approximate surface area is 196 Å². The van der Waals surface area contributed by atoms with Crippen molar-refractivity contribution in [2.75, 3.05) is 34.5 Å². The van der Waals surface area contributed by atoms with Gasteiger partial charge in [-0.2, -0.15) is 0 Å². The van der Waals surface area contributed by atoms with Gasteiger partial charge in [0.2, 0.25) is 5.75 Å². The number of hydrogen-bond acceptors (Lipinski definition) is 6. The topological polar surface area (TPSA) is 63.2 Å². The largest absolute Gasteiger partial charge is 0.493 e. The zero-order valence-electron chi connectivity index (χ0n) is 20.3. The predicted molar refractivity (Wildman–Crippen MR) is 127 cm³/mol. The summed E-state index contributed by atoms with van der Waals surface area (Å²) in [6, 6.07) is 12.3. The van der Waals surface area contributed by atoms with Gasteiger partial charge in [0.25, 0.3) is 0 Å². The van der Waals surface area contributed by atoms with E-state index in [0.29, 0.717) is 29.4 Å². The number of rotatable bonds is 9. The first-order valence-corrected chi connectivity index (χ1v) is 11.2. The van der Waals surface area contributed by atoms with Gasteiger partial charge in [-0.15, -0.1) is 0 Å². The Hall–Kier alpha value is -2.99. The van der Waals surface area contributed by atoms with Crippen LogP contribution >= 0.6 is 0 Å². The van der Waals surface area contributed by atoms with E-state index >= 15 is 0 Å². The number of ether oxygens (including phenoxy) is 5. The number of aryl methyl sites for hydroxylation is 1. The van der Waals surface area contributed by atoms with Crippen molar-refractivity contribution in [1.29, 1.82) is 0 Å². The fourth-order valence-electron chi connectivity index (χ4n) is 4.19. The van der Waals surface area contributed by atoms with E-state index in [1.807, 2.05) is 19.1 Å².